The van der Waals surface area contributed by atoms with E-state index >= 15 is 0 Å². The normalized spacial score (nSPS) is 30.4. The van der Waals surface area contributed by atoms with Gasteiger partial charge >= 0.3 is 0 Å². The summed E-state index contributed by atoms with van der Waals surface area (Å²) in [5, 5.41) is 12.6. The van der Waals surface area contributed by atoms with E-state index in [0.29, 0.717) is 11.1 Å². The van der Waals surface area contributed by atoms with Gasteiger partial charge in [-0.3, -0.25) is 4.79 Å². The lowest BCUT2D eigenvalue weighted by Gasteiger charge is -2.36. The van der Waals surface area contributed by atoms with Crippen molar-refractivity contribution in [2.24, 2.45) is 0 Å². The van der Waals surface area contributed by atoms with Crippen LogP contribution in [0.5, 0.6) is 0 Å². The predicted octanol–water partition coefficient (Wildman–Crippen LogP) is 4.10. The van der Waals surface area contributed by atoms with E-state index in [0.717, 1.165) is 10.8 Å². The van der Waals surface area contributed by atoms with E-state index in [1.807, 2.05) is 36.4 Å². The maximum absolute atomic E-state index is 12.3. The molecule has 1 aliphatic carbocycles. The summed E-state index contributed by atoms with van der Waals surface area (Å²) < 4.78 is -1.27. The van der Waals surface area contributed by atoms with Crippen molar-refractivity contribution in [3.63, 3.8) is 0 Å². The zero-order valence-electron chi connectivity index (χ0n) is 9.61. The van der Waals surface area contributed by atoms with Crippen molar-refractivity contribution in [1.29, 1.82) is 0 Å². The number of ketones is 1. The van der Waals surface area contributed by atoms with Crippen molar-refractivity contribution in [2.45, 2.75) is 14.2 Å². The minimum atomic E-state index is -1.27. The van der Waals surface area contributed by atoms with Crippen molar-refractivity contribution in [3.05, 3.63) is 47.5 Å². The predicted molar refractivity (Wildman–Crippen MR) is 86.5 cm³/mol. The smallest absolute Gasteiger partial charge is 0.178 e. The molecule has 3 rings (SSSR count). The van der Waals surface area contributed by atoms with Gasteiger partial charge in [0.2, 0.25) is 0 Å². The molecule has 0 bridgehead atoms. The van der Waals surface area contributed by atoms with Crippen molar-refractivity contribution in [3.8, 4) is 0 Å². The van der Waals surface area contributed by atoms with Crippen molar-refractivity contribution >= 4 is 64.3 Å². The standard InChI is InChI=1S/C14H9Br3O2/c15-11-12(18)9-5-7-3-1-2-4-8(7)6-10(9)14(17,19)13(11)16/h1-6,11,13,19H. The summed E-state index contributed by atoms with van der Waals surface area (Å²) in [5.41, 5.74) is 1.16. The van der Waals surface area contributed by atoms with Gasteiger partial charge in [-0.1, -0.05) is 56.1 Å². The first-order valence-electron chi connectivity index (χ1n) is 5.70. The number of fused-ring (bicyclic) bond motifs is 2. The van der Waals surface area contributed by atoms with E-state index in [2.05, 4.69) is 47.8 Å². The molecule has 0 saturated heterocycles. The molecular formula is C14H9Br3O2. The molecule has 19 heavy (non-hydrogen) atoms. The van der Waals surface area contributed by atoms with Gasteiger partial charge in [0.15, 0.2) is 10.3 Å². The molecule has 0 heterocycles. The first-order chi connectivity index (χ1) is 8.93. The number of halogens is 3. The molecule has 2 nitrogen and oxygen atoms in total. The summed E-state index contributed by atoms with van der Waals surface area (Å²) in [7, 11) is 0. The molecule has 0 spiro atoms. The second-order valence-electron chi connectivity index (χ2n) is 4.59. The van der Waals surface area contributed by atoms with Crippen LogP contribution in [-0.4, -0.2) is 20.5 Å². The zero-order valence-corrected chi connectivity index (χ0v) is 14.4. The van der Waals surface area contributed by atoms with Crippen LogP contribution in [0.4, 0.5) is 0 Å². The van der Waals surface area contributed by atoms with Crippen molar-refractivity contribution in [2.75, 3.05) is 0 Å². The Labute approximate surface area is 135 Å². The highest BCUT2D eigenvalue weighted by atomic mass is 79.9. The second kappa shape index (κ2) is 4.65. The summed E-state index contributed by atoms with van der Waals surface area (Å²) >= 11 is 10.1. The van der Waals surface area contributed by atoms with Gasteiger partial charge < -0.3 is 5.11 Å². The first kappa shape index (κ1) is 13.7. The number of benzene rings is 2. The van der Waals surface area contributed by atoms with E-state index in [9.17, 15) is 9.90 Å². The molecule has 0 amide bonds. The molecule has 0 aromatic heterocycles. The van der Waals surface area contributed by atoms with E-state index in [1.165, 1.54) is 0 Å². The lowest BCUT2D eigenvalue weighted by atomic mass is 9.86. The Morgan fingerprint density at radius 2 is 1.68 bits per heavy atom. The molecule has 1 aliphatic rings. The maximum Gasteiger partial charge on any atom is 0.178 e. The Balaban J connectivity index is 2.35. The van der Waals surface area contributed by atoms with E-state index in [-0.39, 0.29) is 5.78 Å². The SMILES string of the molecule is O=C1c2cc3ccccc3cc2C(O)(Br)C(Br)C1Br. The van der Waals surface area contributed by atoms with Gasteiger partial charge in [-0.2, -0.15) is 0 Å². The van der Waals surface area contributed by atoms with E-state index in [1.54, 1.807) is 0 Å². The fourth-order valence-corrected chi connectivity index (χ4v) is 4.42. The van der Waals surface area contributed by atoms with Gasteiger partial charge in [-0.05, 0) is 38.8 Å². The molecule has 3 unspecified atom stereocenters. The Bertz CT molecular complexity index is 681. The van der Waals surface area contributed by atoms with Crippen molar-refractivity contribution in [1.82, 2.24) is 0 Å². The summed E-state index contributed by atoms with van der Waals surface area (Å²) in [5.74, 6) is -0.0215. The molecule has 3 atom stereocenters. The van der Waals surface area contributed by atoms with Crippen LogP contribution < -0.4 is 0 Å². The zero-order chi connectivity index (χ0) is 13.8. The summed E-state index contributed by atoms with van der Waals surface area (Å²) in [6, 6.07) is 11.5. The average molecular weight is 449 g/mol. The number of carbonyl (C=O) groups excluding carboxylic acids is 1. The number of aliphatic hydroxyl groups is 1. The topological polar surface area (TPSA) is 37.3 Å². The third kappa shape index (κ3) is 2.02. The lowest BCUT2D eigenvalue weighted by Crippen LogP contribution is -2.45. The summed E-state index contributed by atoms with van der Waals surface area (Å²) in [4.78, 5) is 11.5. The van der Waals surface area contributed by atoms with E-state index < -0.39 is 14.2 Å². The van der Waals surface area contributed by atoms with Gasteiger partial charge in [-0.15, -0.1) is 0 Å². The average Bonchev–Trinajstić information content (AvgIpc) is 2.42. The Hall–Kier alpha value is -0.230. The number of hydrogen-bond donors (Lipinski definition) is 1. The quantitative estimate of drug-likeness (QED) is 0.616. The fraction of sp³-hybridized carbons (Fsp3) is 0.214. The van der Waals surface area contributed by atoms with E-state index in [4.69, 9.17) is 0 Å². The van der Waals surface area contributed by atoms with Gasteiger partial charge in [0.05, 0.1) is 9.65 Å². The number of Topliss-reactive ketones (excluding diaryl/α,β-unsaturated/α-hetero) is 1. The monoisotopic (exact) mass is 446 g/mol. The van der Waals surface area contributed by atoms with Crippen LogP contribution in [0.3, 0.4) is 0 Å². The minimum Gasteiger partial charge on any atom is -0.373 e. The van der Waals surface area contributed by atoms with Crippen LogP contribution in [0.1, 0.15) is 15.9 Å². The molecule has 5 heteroatoms. The molecule has 0 saturated carbocycles. The van der Waals surface area contributed by atoms with Crippen LogP contribution in [0.25, 0.3) is 10.8 Å². The Morgan fingerprint density at radius 3 is 2.32 bits per heavy atom. The molecule has 0 radical (unpaired) electrons. The summed E-state index contributed by atoms with van der Waals surface area (Å²) in [6.07, 6.45) is 0. The van der Waals surface area contributed by atoms with Crippen LogP contribution in [0.2, 0.25) is 0 Å². The number of hydrogen-bond acceptors (Lipinski definition) is 2. The lowest BCUT2D eigenvalue weighted by molar-refractivity contribution is 0.0888. The number of alkyl halides is 3. The minimum absolute atomic E-state index is 0.0215. The molecule has 1 N–H and O–H groups in total. The highest BCUT2D eigenvalue weighted by Gasteiger charge is 2.48. The van der Waals surface area contributed by atoms with Crippen LogP contribution in [0.15, 0.2) is 36.4 Å². The summed E-state index contributed by atoms with van der Waals surface area (Å²) in [6.45, 7) is 0. The highest BCUT2D eigenvalue weighted by Crippen LogP contribution is 2.47. The van der Waals surface area contributed by atoms with Crippen LogP contribution in [0, 0.1) is 0 Å². The van der Waals surface area contributed by atoms with Crippen LogP contribution in [-0.2, 0) is 4.51 Å². The Morgan fingerprint density at radius 1 is 1.11 bits per heavy atom. The number of carbonyl (C=O) groups is 1. The highest BCUT2D eigenvalue weighted by molar-refractivity contribution is 9.14. The molecular weight excluding hydrogens is 440 g/mol. The first-order valence-corrected chi connectivity index (χ1v) is 8.32. The molecule has 0 fully saturated rings. The third-order valence-electron chi connectivity index (χ3n) is 3.40. The largest absolute Gasteiger partial charge is 0.373 e. The third-order valence-corrected chi connectivity index (χ3v) is 7.78. The molecule has 2 aromatic carbocycles. The van der Waals surface area contributed by atoms with Crippen LogP contribution >= 0.6 is 47.8 Å². The van der Waals surface area contributed by atoms with Gasteiger partial charge in [-0.25, -0.2) is 0 Å². The van der Waals surface area contributed by atoms with Crippen molar-refractivity contribution < 1.29 is 9.90 Å². The molecule has 2 aromatic rings. The Kier molecular flexibility index (Phi) is 3.37. The van der Waals surface area contributed by atoms with Gasteiger partial charge in [0, 0.05) is 11.1 Å². The molecule has 0 aliphatic heterocycles. The molecule has 98 valence electrons. The second-order valence-corrected chi connectivity index (χ2v) is 7.77. The maximum atomic E-state index is 12.3. The number of rotatable bonds is 0. The van der Waals surface area contributed by atoms with Gasteiger partial charge in [0.25, 0.3) is 0 Å². The fourth-order valence-electron chi connectivity index (χ4n) is 2.36. The van der Waals surface area contributed by atoms with Gasteiger partial charge in [0.1, 0.15) is 0 Å².